The topological polar surface area (TPSA) is 69.4 Å². The number of sulfonamides is 1. The van der Waals surface area contributed by atoms with Gasteiger partial charge in [-0.15, -0.1) is 0 Å². The lowest BCUT2D eigenvalue weighted by Gasteiger charge is -2.13. The molecule has 0 unspecified atom stereocenters. The lowest BCUT2D eigenvalue weighted by Crippen LogP contribution is -2.15. The fourth-order valence-corrected chi connectivity index (χ4v) is 1.75. The second-order valence-corrected chi connectivity index (χ2v) is 4.73. The van der Waals surface area contributed by atoms with Crippen LogP contribution in [0.1, 0.15) is 5.56 Å². The van der Waals surface area contributed by atoms with Gasteiger partial charge in [0.15, 0.2) is 6.07 Å². The normalized spacial score (nSPS) is 12.5. The van der Waals surface area contributed by atoms with E-state index in [1.54, 1.807) is 0 Å². The van der Waals surface area contributed by atoms with Crippen molar-refractivity contribution < 1.29 is 26.3 Å². The van der Waals surface area contributed by atoms with Crippen molar-refractivity contribution in [2.45, 2.75) is 11.1 Å². The second kappa shape index (κ2) is 4.71. The average molecular weight is 290 g/mol. The van der Waals surface area contributed by atoms with Gasteiger partial charge in [-0.2, -0.15) is 13.2 Å². The van der Waals surface area contributed by atoms with E-state index in [4.69, 9.17) is 16.7 Å². The SMILES string of the molecule is NS(=O)(=O)c1ccc(OCCl)c(C(F)(F)F)c1. The molecule has 0 radical (unpaired) electrons. The van der Waals surface area contributed by atoms with Crippen molar-refractivity contribution >= 4 is 21.6 Å². The molecule has 2 N–H and O–H groups in total. The minimum atomic E-state index is -4.76. The number of hydrogen-bond acceptors (Lipinski definition) is 3. The Bertz CT molecular complexity index is 515. The van der Waals surface area contributed by atoms with Gasteiger partial charge in [0.1, 0.15) is 5.75 Å². The van der Waals surface area contributed by atoms with Gasteiger partial charge in [-0.05, 0) is 18.2 Å². The van der Waals surface area contributed by atoms with Crippen LogP contribution in [0.15, 0.2) is 23.1 Å². The number of halogens is 4. The molecule has 0 aromatic heterocycles. The number of hydrogen-bond donors (Lipinski definition) is 1. The molecular formula is C8H7ClF3NO3S. The number of alkyl halides is 4. The van der Waals surface area contributed by atoms with Gasteiger partial charge in [0.05, 0.1) is 10.5 Å². The highest BCUT2D eigenvalue weighted by atomic mass is 35.5. The van der Waals surface area contributed by atoms with Crippen LogP contribution in [0.4, 0.5) is 13.2 Å². The minimum absolute atomic E-state index is 0.400. The predicted octanol–water partition coefficient (Wildman–Crippen LogP) is 1.93. The van der Waals surface area contributed by atoms with E-state index < -0.39 is 38.5 Å². The van der Waals surface area contributed by atoms with E-state index in [1.165, 1.54) is 0 Å². The predicted molar refractivity (Wildman–Crippen MR) is 54.2 cm³/mol. The summed E-state index contributed by atoms with van der Waals surface area (Å²) in [5, 5.41) is 4.73. The van der Waals surface area contributed by atoms with Crippen molar-refractivity contribution in [2.75, 3.05) is 6.07 Å². The Kier molecular flexibility index (Phi) is 3.90. The maximum absolute atomic E-state index is 12.6. The van der Waals surface area contributed by atoms with Crippen molar-refractivity contribution in [3.63, 3.8) is 0 Å². The third-order valence-electron chi connectivity index (χ3n) is 1.80. The molecule has 0 atom stereocenters. The zero-order valence-corrected chi connectivity index (χ0v) is 9.73. The summed E-state index contributed by atoms with van der Waals surface area (Å²) < 4.78 is 64.1. The smallest absolute Gasteiger partial charge is 0.420 e. The van der Waals surface area contributed by atoms with E-state index in [2.05, 4.69) is 4.74 Å². The molecular weight excluding hydrogens is 283 g/mol. The summed E-state index contributed by atoms with van der Waals surface area (Å²) in [5.41, 5.74) is -1.25. The molecule has 96 valence electrons. The first-order chi connectivity index (χ1) is 7.66. The zero-order chi connectivity index (χ0) is 13.3. The maximum Gasteiger partial charge on any atom is 0.420 e. The van der Waals surface area contributed by atoms with Gasteiger partial charge in [-0.1, -0.05) is 11.6 Å². The molecule has 0 aliphatic heterocycles. The number of primary sulfonamides is 1. The van der Waals surface area contributed by atoms with Gasteiger partial charge in [-0.25, -0.2) is 13.6 Å². The van der Waals surface area contributed by atoms with Gasteiger partial charge in [-0.3, -0.25) is 0 Å². The van der Waals surface area contributed by atoms with Crippen LogP contribution < -0.4 is 9.88 Å². The lowest BCUT2D eigenvalue weighted by molar-refractivity contribution is -0.139. The van der Waals surface area contributed by atoms with Gasteiger partial charge < -0.3 is 4.74 Å². The number of nitrogens with two attached hydrogens (primary N) is 1. The Morgan fingerprint density at radius 1 is 1.35 bits per heavy atom. The Labute approximate surface area is 100 Å². The first-order valence-corrected chi connectivity index (χ1v) is 6.17. The van der Waals surface area contributed by atoms with Crippen LogP contribution in [0.25, 0.3) is 0 Å². The molecule has 1 rings (SSSR count). The van der Waals surface area contributed by atoms with Crippen LogP contribution in [0.2, 0.25) is 0 Å². The molecule has 9 heteroatoms. The van der Waals surface area contributed by atoms with Gasteiger partial charge in [0.2, 0.25) is 10.0 Å². The van der Waals surface area contributed by atoms with Crippen molar-refractivity contribution in [1.29, 1.82) is 0 Å². The highest BCUT2D eigenvalue weighted by Gasteiger charge is 2.35. The van der Waals surface area contributed by atoms with Crippen LogP contribution in [0, 0.1) is 0 Å². The van der Waals surface area contributed by atoms with Crippen molar-refractivity contribution in [3.8, 4) is 5.75 Å². The molecule has 0 fully saturated rings. The highest BCUT2D eigenvalue weighted by molar-refractivity contribution is 7.89. The van der Waals surface area contributed by atoms with Gasteiger partial charge in [0, 0.05) is 0 Å². The summed E-state index contributed by atoms with van der Waals surface area (Å²) in [5.74, 6) is -0.556. The third-order valence-corrected chi connectivity index (χ3v) is 2.82. The minimum Gasteiger partial charge on any atom is -0.477 e. The molecule has 0 aliphatic rings. The summed E-state index contributed by atoms with van der Waals surface area (Å²) in [6, 6.07) is 1.67. The molecule has 0 saturated carbocycles. The Morgan fingerprint density at radius 3 is 2.35 bits per heavy atom. The van der Waals surface area contributed by atoms with E-state index in [9.17, 15) is 21.6 Å². The number of ether oxygens (including phenoxy) is 1. The quantitative estimate of drug-likeness (QED) is 0.864. The summed E-state index contributed by atoms with van der Waals surface area (Å²) in [7, 11) is -4.21. The molecule has 1 aromatic carbocycles. The van der Waals surface area contributed by atoms with E-state index in [0.717, 1.165) is 12.1 Å². The van der Waals surface area contributed by atoms with E-state index >= 15 is 0 Å². The molecule has 0 aliphatic carbocycles. The lowest BCUT2D eigenvalue weighted by atomic mass is 10.2. The second-order valence-electron chi connectivity index (χ2n) is 2.95. The summed E-state index contributed by atoms with van der Waals surface area (Å²) >= 11 is 5.16. The van der Waals surface area contributed by atoms with Crippen molar-refractivity contribution in [3.05, 3.63) is 23.8 Å². The largest absolute Gasteiger partial charge is 0.477 e. The Balaban J connectivity index is 3.40. The van der Waals surface area contributed by atoms with Crippen LogP contribution in [-0.2, 0) is 16.2 Å². The molecule has 0 amide bonds. The van der Waals surface area contributed by atoms with Crippen LogP contribution in [0.5, 0.6) is 5.75 Å². The molecule has 0 saturated heterocycles. The van der Waals surface area contributed by atoms with E-state index in [0.29, 0.717) is 6.07 Å². The molecule has 0 spiro atoms. The fourth-order valence-electron chi connectivity index (χ4n) is 1.09. The average Bonchev–Trinajstić information content (AvgIpc) is 2.15. The molecule has 0 bridgehead atoms. The molecule has 4 nitrogen and oxygen atoms in total. The van der Waals surface area contributed by atoms with Crippen LogP contribution in [-0.4, -0.2) is 14.5 Å². The Hall–Kier alpha value is -0.990. The summed E-state index contributed by atoms with van der Waals surface area (Å²) in [4.78, 5) is -0.647. The molecule has 17 heavy (non-hydrogen) atoms. The fraction of sp³-hybridized carbons (Fsp3) is 0.250. The van der Waals surface area contributed by atoms with Crippen molar-refractivity contribution in [1.82, 2.24) is 0 Å². The van der Waals surface area contributed by atoms with Crippen molar-refractivity contribution in [2.24, 2.45) is 5.14 Å². The highest BCUT2D eigenvalue weighted by Crippen LogP contribution is 2.37. The van der Waals surface area contributed by atoms with Gasteiger partial charge >= 0.3 is 6.18 Å². The van der Waals surface area contributed by atoms with Crippen LogP contribution in [0.3, 0.4) is 0 Å². The molecule has 0 heterocycles. The number of rotatable bonds is 3. The van der Waals surface area contributed by atoms with E-state index in [1.807, 2.05) is 0 Å². The number of benzene rings is 1. The van der Waals surface area contributed by atoms with E-state index in [-0.39, 0.29) is 0 Å². The third kappa shape index (κ3) is 3.48. The maximum atomic E-state index is 12.6. The zero-order valence-electron chi connectivity index (χ0n) is 8.16. The monoisotopic (exact) mass is 289 g/mol. The first-order valence-electron chi connectivity index (χ1n) is 4.09. The van der Waals surface area contributed by atoms with Crippen LogP contribution >= 0.6 is 11.6 Å². The summed E-state index contributed by atoms with van der Waals surface area (Å²) in [6.45, 7) is 0. The Morgan fingerprint density at radius 2 is 1.94 bits per heavy atom. The first kappa shape index (κ1) is 14.1. The summed E-state index contributed by atoms with van der Waals surface area (Å²) in [6.07, 6.45) is -4.76. The standard InChI is InChI=1S/C8H7ClF3NO3S/c9-4-16-7-2-1-5(17(13,14)15)3-6(7)8(10,11)12/h1-3H,4H2,(H2,13,14,15). The van der Waals surface area contributed by atoms with Gasteiger partial charge in [0.25, 0.3) is 0 Å². The molecule has 1 aromatic rings.